The molecule has 1 atom stereocenters. The maximum Gasteiger partial charge on any atom is 0.128 e. The molecule has 3 aliphatic heterocycles. The smallest absolute Gasteiger partial charge is 0.128 e. The van der Waals surface area contributed by atoms with Crippen LogP contribution in [0, 0.1) is 12.3 Å². The molecule has 0 N–H and O–H groups in total. The molecule has 2 aromatic heterocycles. The minimum atomic E-state index is 0.265. The lowest BCUT2D eigenvalue weighted by molar-refractivity contribution is 0.00370. The zero-order valence-corrected chi connectivity index (χ0v) is 20.1. The van der Waals surface area contributed by atoms with Gasteiger partial charge in [0.2, 0.25) is 0 Å². The first-order valence-corrected chi connectivity index (χ1v) is 12.7. The maximum absolute atomic E-state index is 5.86. The van der Waals surface area contributed by atoms with Crippen molar-refractivity contribution in [2.24, 2.45) is 5.41 Å². The topological polar surface area (TPSA) is 59.3 Å². The Balaban J connectivity index is 1.06. The number of aromatic nitrogens is 4. The van der Waals surface area contributed by atoms with Crippen molar-refractivity contribution in [3.8, 4) is 11.3 Å². The van der Waals surface area contributed by atoms with E-state index in [-0.39, 0.29) is 6.10 Å². The first kappa shape index (κ1) is 21.6. The Morgan fingerprint density at radius 1 is 1.06 bits per heavy atom. The van der Waals surface area contributed by atoms with Crippen LogP contribution in [0.5, 0.6) is 0 Å². The Morgan fingerprint density at radius 2 is 1.94 bits per heavy atom. The van der Waals surface area contributed by atoms with E-state index in [1.807, 2.05) is 16.9 Å². The molecule has 3 aliphatic rings. The van der Waals surface area contributed by atoms with E-state index in [0.29, 0.717) is 5.41 Å². The van der Waals surface area contributed by atoms with E-state index < -0.39 is 0 Å². The molecule has 1 spiro atoms. The summed E-state index contributed by atoms with van der Waals surface area (Å²) in [6.45, 7) is 8.35. The van der Waals surface area contributed by atoms with E-state index in [9.17, 15) is 0 Å². The molecule has 5 heterocycles. The van der Waals surface area contributed by atoms with Gasteiger partial charge in [-0.25, -0.2) is 9.67 Å². The molecule has 3 aromatic rings. The number of benzene rings is 1. The fraction of sp³-hybridized carbons (Fsp3) is 0.519. The Labute approximate surface area is 201 Å². The molecular formula is C27H34N6O. The second kappa shape index (κ2) is 9.02. The van der Waals surface area contributed by atoms with Gasteiger partial charge >= 0.3 is 0 Å². The number of ether oxygens (including phenoxy) is 1. The molecule has 1 aromatic carbocycles. The van der Waals surface area contributed by atoms with Gasteiger partial charge in [-0.15, -0.1) is 5.10 Å². The number of pyridine rings is 1. The SMILES string of the molecule is Cc1cc(N2CC3(CCN(c4ccccn4)CC3)C2)ccc1-c1cn(CC2CCCCO2)nn1. The number of nitrogens with zero attached hydrogens (tertiary/aromatic N) is 6. The van der Waals surface area contributed by atoms with Crippen molar-refractivity contribution in [1.29, 1.82) is 0 Å². The lowest BCUT2D eigenvalue weighted by atomic mass is 9.71. The van der Waals surface area contributed by atoms with Gasteiger partial charge in [-0.3, -0.25) is 0 Å². The summed E-state index contributed by atoms with van der Waals surface area (Å²) < 4.78 is 7.80. The summed E-state index contributed by atoms with van der Waals surface area (Å²) in [7, 11) is 0. The van der Waals surface area contributed by atoms with E-state index in [1.165, 1.54) is 42.5 Å². The Morgan fingerprint density at radius 3 is 2.68 bits per heavy atom. The van der Waals surface area contributed by atoms with Gasteiger partial charge in [-0.2, -0.15) is 0 Å². The minimum Gasteiger partial charge on any atom is -0.376 e. The molecule has 7 heteroatoms. The van der Waals surface area contributed by atoms with E-state index in [1.54, 1.807) is 0 Å². The molecule has 0 saturated carbocycles. The molecule has 7 nitrogen and oxygen atoms in total. The molecule has 1 unspecified atom stereocenters. The predicted molar refractivity (Wildman–Crippen MR) is 134 cm³/mol. The zero-order chi connectivity index (χ0) is 23.0. The third kappa shape index (κ3) is 4.29. The molecule has 3 saturated heterocycles. The van der Waals surface area contributed by atoms with E-state index >= 15 is 0 Å². The van der Waals surface area contributed by atoms with Gasteiger partial charge in [0.15, 0.2) is 0 Å². The molecule has 0 radical (unpaired) electrons. The van der Waals surface area contributed by atoms with Gasteiger partial charge in [0.05, 0.1) is 18.8 Å². The lowest BCUT2D eigenvalue weighted by Crippen LogP contribution is -2.60. The number of hydrogen-bond donors (Lipinski definition) is 0. The average molecular weight is 459 g/mol. The third-order valence-electron chi connectivity index (χ3n) is 7.90. The Kier molecular flexibility index (Phi) is 5.73. The quantitative estimate of drug-likeness (QED) is 0.567. The van der Waals surface area contributed by atoms with Crippen LogP contribution < -0.4 is 9.80 Å². The summed E-state index contributed by atoms with van der Waals surface area (Å²) in [6.07, 6.45) is 10.2. The van der Waals surface area contributed by atoms with Crippen LogP contribution in [0.2, 0.25) is 0 Å². The van der Waals surface area contributed by atoms with Crippen LogP contribution >= 0.6 is 0 Å². The third-order valence-corrected chi connectivity index (χ3v) is 7.90. The van der Waals surface area contributed by atoms with Gasteiger partial charge in [0.1, 0.15) is 11.5 Å². The van der Waals surface area contributed by atoms with Gasteiger partial charge in [-0.1, -0.05) is 17.3 Å². The molecule has 178 valence electrons. The van der Waals surface area contributed by atoms with Crippen molar-refractivity contribution in [2.45, 2.75) is 51.7 Å². The maximum atomic E-state index is 5.86. The van der Waals surface area contributed by atoms with E-state index in [0.717, 1.165) is 57.3 Å². The average Bonchev–Trinajstić information content (AvgIpc) is 3.32. The number of piperidine rings is 1. The summed E-state index contributed by atoms with van der Waals surface area (Å²) >= 11 is 0. The highest BCUT2D eigenvalue weighted by Gasteiger charge is 2.45. The highest BCUT2D eigenvalue weighted by atomic mass is 16.5. The normalized spacial score (nSPS) is 22.1. The molecular weight excluding hydrogens is 424 g/mol. The van der Waals surface area contributed by atoms with Crippen LogP contribution in [0.15, 0.2) is 48.8 Å². The van der Waals surface area contributed by atoms with Gasteiger partial charge in [0, 0.05) is 55.6 Å². The van der Waals surface area contributed by atoms with Crippen LogP contribution in [-0.2, 0) is 11.3 Å². The Bertz CT molecular complexity index is 1110. The van der Waals surface area contributed by atoms with E-state index in [4.69, 9.17) is 4.74 Å². The molecule has 34 heavy (non-hydrogen) atoms. The summed E-state index contributed by atoms with van der Waals surface area (Å²) in [5, 5.41) is 8.82. The first-order valence-electron chi connectivity index (χ1n) is 12.7. The van der Waals surface area contributed by atoms with Crippen molar-refractivity contribution in [3.63, 3.8) is 0 Å². The standard InChI is InChI=1S/C27H34N6O/c1-21-16-22(8-9-24(21)25-18-33(30-29-25)17-23-6-3-5-15-34-23)32-19-27(20-32)10-13-31(14-11-27)26-7-2-4-12-28-26/h2,4,7-9,12,16,18,23H,3,5-6,10-11,13-15,17,19-20H2,1H3. The van der Waals surface area contributed by atoms with E-state index in [2.05, 4.69) is 68.5 Å². The fourth-order valence-electron chi connectivity index (χ4n) is 5.82. The minimum absolute atomic E-state index is 0.265. The van der Waals surface area contributed by atoms with Crippen molar-refractivity contribution in [2.75, 3.05) is 42.6 Å². The first-order chi connectivity index (χ1) is 16.7. The lowest BCUT2D eigenvalue weighted by Gasteiger charge is -2.55. The second-order valence-electron chi connectivity index (χ2n) is 10.3. The fourth-order valence-corrected chi connectivity index (χ4v) is 5.82. The largest absolute Gasteiger partial charge is 0.376 e. The Hall–Kier alpha value is -2.93. The monoisotopic (exact) mass is 458 g/mol. The predicted octanol–water partition coefficient (Wildman–Crippen LogP) is 4.32. The van der Waals surface area contributed by atoms with Gasteiger partial charge in [0.25, 0.3) is 0 Å². The number of aryl methyl sites for hydroxylation is 1. The number of hydrogen-bond acceptors (Lipinski definition) is 6. The molecule has 0 amide bonds. The molecule has 0 bridgehead atoms. The number of rotatable bonds is 5. The summed E-state index contributed by atoms with van der Waals surface area (Å²) in [4.78, 5) is 9.49. The highest BCUT2D eigenvalue weighted by molar-refractivity contribution is 5.67. The summed E-state index contributed by atoms with van der Waals surface area (Å²) in [5.41, 5.74) is 5.15. The van der Waals surface area contributed by atoms with Crippen LogP contribution in [0.3, 0.4) is 0 Å². The van der Waals surface area contributed by atoms with Crippen molar-refractivity contribution in [1.82, 2.24) is 20.0 Å². The zero-order valence-electron chi connectivity index (χ0n) is 20.1. The summed E-state index contributed by atoms with van der Waals surface area (Å²) in [6, 6.07) is 13.0. The van der Waals surface area contributed by atoms with Crippen molar-refractivity contribution in [3.05, 3.63) is 54.4 Å². The van der Waals surface area contributed by atoms with Crippen molar-refractivity contribution < 1.29 is 4.74 Å². The van der Waals surface area contributed by atoms with Crippen LogP contribution in [0.4, 0.5) is 11.5 Å². The highest BCUT2D eigenvalue weighted by Crippen LogP contribution is 2.43. The molecule has 3 fully saturated rings. The van der Waals surface area contributed by atoms with Crippen LogP contribution in [0.25, 0.3) is 11.3 Å². The number of anilines is 2. The van der Waals surface area contributed by atoms with Crippen molar-refractivity contribution >= 4 is 11.5 Å². The summed E-state index contributed by atoms with van der Waals surface area (Å²) in [5.74, 6) is 1.11. The molecule has 0 aliphatic carbocycles. The van der Waals surface area contributed by atoms with Crippen LogP contribution in [0.1, 0.15) is 37.7 Å². The van der Waals surface area contributed by atoms with Crippen LogP contribution in [-0.4, -0.2) is 58.9 Å². The molecule has 6 rings (SSSR count). The second-order valence-corrected chi connectivity index (χ2v) is 10.3. The van der Waals surface area contributed by atoms with Gasteiger partial charge in [-0.05, 0) is 68.9 Å². The van der Waals surface area contributed by atoms with Gasteiger partial charge < -0.3 is 14.5 Å².